The Kier molecular flexibility index (Phi) is 4.58. The number of carbonyl (C=O) groups excluding carboxylic acids is 1. The highest BCUT2D eigenvalue weighted by molar-refractivity contribution is 8.00. The third kappa shape index (κ3) is 3.56. The number of hydrogen-bond acceptors (Lipinski definition) is 4. The molecule has 1 aliphatic carbocycles. The maximum Gasteiger partial charge on any atom is 0.222 e. The minimum absolute atomic E-state index is 0.300. The molecule has 0 aromatic heterocycles. The summed E-state index contributed by atoms with van der Waals surface area (Å²) in [5.41, 5.74) is 1.21. The van der Waals surface area contributed by atoms with Gasteiger partial charge >= 0.3 is 0 Å². The Morgan fingerprint density at radius 3 is 2.58 bits per heavy atom. The summed E-state index contributed by atoms with van der Waals surface area (Å²) in [4.78, 5) is 22.7. The summed E-state index contributed by atoms with van der Waals surface area (Å²) in [5, 5.41) is 11.2. The van der Waals surface area contributed by atoms with Crippen molar-refractivity contribution in [2.75, 3.05) is 0 Å². The SMILES string of the molecule is Cc1ccc(S[C@@H]2CC[C@H]([N+](=O)[O-])[C@@H](C=O)C2)cc1. The van der Waals surface area contributed by atoms with Gasteiger partial charge in [-0.05, 0) is 31.9 Å². The van der Waals surface area contributed by atoms with E-state index in [2.05, 4.69) is 24.3 Å². The van der Waals surface area contributed by atoms with Crippen molar-refractivity contribution in [2.45, 2.75) is 42.4 Å². The Bertz CT molecular complexity index is 460. The molecule has 0 spiro atoms. The third-order valence-corrected chi connectivity index (χ3v) is 4.89. The van der Waals surface area contributed by atoms with Crippen LogP contribution in [0.1, 0.15) is 24.8 Å². The third-order valence-electron chi connectivity index (χ3n) is 3.58. The smallest absolute Gasteiger partial charge is 0.222 e. The monoisotopic (exact) mass is 279 g/mol. The van der Waals surface area contributed by atoms with Crippen LogP contribution in [0.15, 0.2) is 29.2 Å². The predicted octanol–water partition coefficient (Wildman–Crippen LogP) is 3.10. The number of hydrogen-bond donors (Lipinski definition) is 0. The van der Waals surface area contributed by atoms with E-state index in [0.717, 1.165) is 12.7 Å². The molecule has 0 heterocycles. The lowest BCUT2D eigenvalue weighted by molar-refractivity contribution is -0.531. The zero-order valence-electron chi connectivity index (χ0n) is 10.8. The van der Waals surface area contributed by atoms with Crippen molar-refractivity contribution < 1.29 is 9.72 Å². The van der Waals surface area contributed by atoms with E-state index in [1.807, 2.05) is 6.92 Å². The summed E-state index contributed by atoms with van der Waals surface area (Å²) in [6, 6.07) is 7.56. The lowest BCUT2D eigenvalue weighted by Gasteiger charge is -2.27. The molecule has 0 unspecified atom stereocenters. The molecule has 1 aromatic carbocycles. The van der Waals surface area contributed by atoms with Crippen LogP contribution in [0.5, 0.6) is 0 Å². The molecule has 0 radical (unpaired) electrons. The number of aldehydes is 1. The molecule has 1 fully saturated rings. The summed E-state index contributed by atoms with van der Waals surface area (Å²) in [7, 11) is 0. The van der Waals surface area contributed by atoms with Gasteiger partial charge < -0.3 is 4.79 Å². The highest BCUT2D eigenvalue weighted by atomic mass is 32.2. The van der Waals surface area contributed by atoms with Gasteiger partial charge in [0.1, 0.15) is 6.29 Å². The van der Waals surface area contributed by atoms with Crippen LogP contribution in [0.4, 0.5) is 0 Å². The zero-order valence-corrected chi connectivity index (χ0v) is 11.6. The second-order valence-electron chi connectivity index (χ2n) is 5.02. The van der Waals surface area contributed by atoms with Gasteiger partial charge in [-0.15, -0.1) is 11.8 Å². The fraction of sp³-hybridized carbons (Fsp3) is 0.500. The highest BCUT2D eigenvalue weighted by Crippen LogP contribution is 2.36. The Labute approximate surface area is 116 Å². The molecule has 1 aromatic rings. The minimum atomic E-state index is -0.688. The minimum Gasteiger partial charge on any atom is -0.303 e. The van der Waals surface area contributed by atoms with Crippen molar-refractivity contribution >= 4 is 18.0 Å². The van der Waals surface area contributed by atoms with Crippen LogP contribution in [0.2, 0.25) is 0 Å². The lowest BCUT2D eigenvalue weighted by Crippen LogP contribution is -2.37. The zero-order chi connectivity index (χ0) is 13.8. The van der Waals surface area contributed by atoms with E-state index in [0.29, 0.717) is 18.1 Å². The van der Waals surface area contributed by atoms with Crippen molar-refractivity contribution in [2.24, 2.45) is 5.92 Å². The molecular weight excluding hydrogens is 262 g/mol. The number of rotatable bonds is 4. The fourth-order valence-corrected chi connectivity index (χ4v) is 3.72. The quantitative estimate of drug-likeness (QED) is 0.483. The first-order valence-electron chi connectivity index (χ1n) is 6.42. The van der Waals surface area contributed by atoms with Crippen LogP contribution in [0.25, 0.3) is 0 Å². The number of carbonyl (C=O) groups is 1. The molecular formula is C14H17NO3S. The van der Waals surface area contributed by atoms with Gasteiger partial charge in [-0.3, -0.25) is 10.1 Å². The molecule has 0 N–H and O–H groups in total. The predicted molar refractivity (Wildman–Crippen MR) is 75.0 cm³/mol. The second kappa shape index (κ2) is 6.19. The van der Waals surface area contributed by atoms with Gasteiger partial charge in [-0.2, -0.15) is 0 Å². The average Bonchev–Trinajstić information content (AvgIpc) is 2.41. The molecule has 5 heteroatoms. The molecule has 1 aliphatic rings. The Morgan fingerprint density at radius 2 is 2.00 bits per heavy atom. The van der Waals surface area contributed by atoms with Crippen molar-refractivity contribution in [1.82, 2.24) is 0 Å². The summed E-state index contributed by atoms with van der Waals surface area (Å²) in [5.74, 6) is -0.438. The standard InChI is InChI=1S/C14H17NO3S/c1-10-2-4-12(5-3-10)19-13-6-7-14(15(17)18)11(8-13)9-16/h2-5,9,11,13-14H,6-8H2,1H3/t11-,13-,14+/m1/s1. The van der Waals surface area contributed by atoms with Gasteiger partial charge in [-0.1, -0.05) is 17.7 Å². The van der Waals surface area contributed by atoms with Crippen LogP contribution in [-0.4, -0.2) is 22.5 Å². The van der Waals surface area contributed by atoms with E-state index in [-0.39, 0.29) is 4.92 Å². The first-order chi connectivity index (χ1) is 9.10. The van der Waals surface area contributed by atoms with Crippen LogP contribution in [0, 0.1) is 23.0 Å². The Morgan fingerprint density at radius 1 is 1.32 bits per heavy atom. The topological polar surface area (TPSA) is 60.2 Å². The molecule has 0 aliphatic heterocycles. The van der Waals surface area contributed by atoms with Gasteiger partial charge in [0.05, 0.1) is 5.92 Å². The highest BCUT2D eigenvalue weighted by Gasteiger charge is 2.38. The largest absolute Gasteiger partial charge is 0.303 e. The van der Waals surface area contributed by atoms with Crippen LogP contribution < -0.4 is 0 Å². The molecule has 0 saturated heterocycles. The maximum atomic E-state index is 11.0. The van der Waals surface area contributed by atoms with Crippen LogP contribution in [-0.2, 0) is 4.79 Å². The second-order valence-corrected chi connectivity index (χ2v) is 6.39. The molecule has 102 valence electrons. The maximum absolute atomic E-state index is 11.0. The van der Waals surface area contributed by atoms with Crippen molar-refractivity contribution in [3.8, 4) is 0 Å². The van der Waals surface area contributed by atoms with E-state index in [1.165, 1.54) is 10.5 Å². The van der Waals surface area contributed by atoms with Gasteiger partial charge in [0, 0.05) is 21.5 Å². The molecule has 0 bridgehead atoms. The van der Waals surface area contributed by atoms with Gasteiger partial charge in [0.15, 0.2) is 0 Å². The molecule has 2 rings (SSSR count). The summed E-state index contributed by atoms with van der Waals surface area (Å²) in [6.45, 7) is 2.04. The number of nitro groups is 1. The molecule has 19 heavy (non-hydrogen) atoms. The first-order valence-corrected chi connectivity index (χ1v) is 7.30. The van der Waals surface area contributed by atoms with E-state index in [9.17, 15) is 14.9 Å². The molecule has 0 amide bonds. The van der Waals surface area contributed by atoms with E-state index < -0.39 is 12.0 Å². The van der Waals surface area contributed by atoms with Gasteiger partial charge in [0.2, 0.25) is 6.04 Å². The molecule has 3 atom stereocenters. The van der Waals surface area contributed by atoms with Crippen molar-refractivity contribution in [1.29, 1.82) is 0 Å². The lowest BCUT2D eigenvalue weighted by atomic mass is 9.85. The average molecular weight is 279 g/mol. The number of aryl methyl sites for hydroxylation is 1. The number of benzene rings is 1. The van der Waals surface area contributed by atoms with Crippen LogP contribution in [0.3, 0.4) is 0 Å². The normalized spacial score (nSPS) is 26.9. The fourth-order valence-electron chi connectivity index (χ4n) is 2.47. The number of nitrogens with zero attached hydrogens (tertiary/aromatic N) is 1. The first kappa shape index (κ1) is 14.1. The van der Waals surface area contributed by atoms with Gasteiger partial charge in [-0.25, -0.2) is 0 Å². The Balaban J connectivity index is 1.98. The van der Waals surface area contributed by atoms with E-state index in [1.54, 1.807) is 11.8 Å². The summed E-state index contributed by atoms with van der Waals surface area (Å²) < 4.78 is 0. The van der Waals surface area contributed by atoms with Crippen LogP contribution >= 0.6 is 11.8 Å². The summed E-state index contributed by atoms with van der Waals surface area (Å²) in [6.07, 6.45) is 2.66. The number of thioether (sulfide) groups is 1. The summed E-state index contributed by atoms with van der Waals surface area (Å²) >= 11 is 1.72. The van der Waals surface area contributed by atoms with E-state index in [4.69, 9.17) is 0 Å². The molecule has 4 nitrogen and oxygen atoms in total. The van der Waals surface area contributed by atoms with Crippen molar-refractivity contribution in [3.63, 3.8) is 0 Å². The van der Waals surface area contributed by atoms with E-state index >= 15 is 0 Å². The van der Waals surface area contributed by atoms with Gasteiger partial charge in [0.25, 0.3) is 0 Å². The molecule has 1 saturated carbocycles. The van der Waals surface area contributed by atoms with Crippen molar-refractivity contribution in [3.05, 3.63) is 39.9 Å². The Hall–Kier alpha value is -1.36.